The van der Waals surface area contributed by atoms with Gasteiger partial charge in [0, 0.05) is 32.9 Å². The quantitative estimate of drug-likeness (QED) is 0.489. The molecule has 0 saturated heterocycles. The molecule has 0 spiro atoms. The van der Waals surface area contributed by atoms with Crippen molar-refractivity contribution in [2.24, 2.45) is 10.7 Å². The molecule has 11 heteroatoms. The van der Waals surface area contributed by atoms with Crippen LogP contribution in [0.3, 0.4) is 0 Å². The molecule has 184 valence electrons. The number of carbonyl (C=O) groups excluding carboxylic acids is 1. The number of nitrogens with two attached hydrogens (primary N) is 1. The number of ether oxygens (including phenoxy) is 3. The Kier molecular flexibility index (Phi) is 7.64. The lowest BCUT2D eigenvalue weighted by Crippen LogP contribution is -2.38. The van der Waals surface area contributed by atoms with Gasteiger partial charge in [-0.05, 0) is 51.8 Å². The summed E-state index contributed by atoms with van der Waals surface area (Å²) in [5.41, 5.74) is 7.07. The van der Waals surface area contributed by atoms with Gasteiger partial charge in [0.05, 0.1) is 5.69 Å². The summed E-state index contributed by atoms with van der Waals surface area (Å²) in [5.74, 6) is 1.54. The van der Waals surface area contributed by atoms with Crippen LogP contribution >= 0.6 is 0 Å². The SMILES string of the molecule is Cc1cn(/C(N)=N/C(=N)N(C)CCCN(Cc2ccc3c(c2)OCO3)C(=O)OC(C)(C)C)cn1. The van der Waals surface area contributed by atoms with E-state index in [1.54, 1.807) is 33.9 Å². The van der Waals surface area contributed by atoms with Crippen molar-refractivity contribution in [3.8, 4) is 11.5 Å². The molecule has 34 heavy (non-hydrogen) atoms. The molecular formula is C23H33N7O4. The maximum Gasteiger partial charge on any atom is 0.410 e. The fourth-order valence-corrected chi connectivity index (χ4v) is 3.22. The van der Waals surface area contributed by atoms with E-state index < -0.39 is 11.7 Å². The Morgan fingerprint density at radius 2 is 2.03 bits per heavy atom. The number of rotatable bonds is 6. The molecule has 0 aliphatic carbocycles. The average Bonchev–Trinajstić information content (AvgIpc) is 3.40. The molecular weight excluding hydrogens is 438 g/mol. The first-order valence-electron chi connectivity index (χ1n) is 11.0. The standard InChI is InChI=1S/C23H33N7O4/c1-16-12-30(14-26-16)21(25)27-20(24)28(5)9-6-10-29(22(31)34-23(2,3)4)13-17-7-8-18-19(11-17)33-15-32-18/h7-8,11-12,14H,6,9-10,13,15H2,1-5H3,(H3,24,25,27). The summed E-state index contributed by atoms with van der Waals surface area (Å²) >= 11 is 0. The molecule has 1 aromatic carbocycles. The number of guanidine groups is 1. The molecule has 0 fully saturated rings. The summed E-state index contributed by atoms with van der Waals surface area (Å²) in [4.78, 5) is 24.4. The number of amides is 1. The lowest BCUT2D eigenvalue weighted by atomic mass is 10.2. The lowest BCUT2D eigenvalue weighted by molar-refractivity contribution is 0.0229. The van der Waals surface area contributed by atoms with Crippen LogP contribution in [-0.2, 0) is 11.3 Å². The zero-order valence-corrected chi connectivity index (χ0v) is 20.4. The molecule has 0 atom stereocenters. The number of nitrogens with zero attached hydrogens (tertiary/aromatic N) is 5. The molecule has 2 aromatic rings. The van der Waals surface area contributed by atoms with Gasteiger partial charge in [0.25, 0.3) is 0 Å². The van der Waals surface area contributed by atoms with Crippen molar-refractivity contribution in [1.82, 2.24) is 19.4 Å². The number of benzene rings is 1. The van der Waals surface area contributed by atoms with Crippen LogP contribution < -0.4 is 15.2 Å². The molecule has 0 unspecified atom stereocenters. The van der Waals surface area contributed by atoms with E-state index in [-0.39, 0.29) is 18.7 Å². The van der Waals surface area contributed by atoms with Gasteiger partial charge in [-0.15, -0.1) is 0 Å². The van der Waals surface area contributed by atoms with Crippen molar-refractivity contribution in [3.63, 3.8) is 0 Å². The van der Waals surface area contributed by atoms with Gasteiger partial charge in [0.2, 0.25) is 18.7 Å². The number of aromatic nitrogens is 2. The van der Waals surface area contributed by atoms with Crippen molar-refractivity contribution in [2.45, 2.75) is 46.3 Å². The minimum Gasteiger partial charge on any atom is -0.454 e. The van der Waals surface area contributed by atoms with Gasteiger partial charge >= 0.3 is 6.09 Å². The van der Waals surface area contributed by atoms with Crippen molar-refractivity contribution < 1.29 is 19.0 Å². The molecule has 0 saturated carbocycles. The van der Waals surface area contributed by atoms with Crippen LogP contribution in [0.2, 0.25) is 0 Å². The van der Waals surface area contributed by atoms with E-state index in [0.29, 0.717) is 37.6 Å². The first kappa shape index (κ1) is 24.9. The number of aliphatic imine (C=N–C) groups is 1. The molecule has 1 aromatic heterocycles. The fourth-order valence-electron chi connectivity index (χ4n) is 3.22. The summed E-state index contributed by atoms with van der Waals surface area (Å²) in [7, 11) is 1.76. The monoisotopic (exact) mass is 471 g/mol. The maximum atomic E-state index is 12.9. The minimum atomic E-state index is -0.610. The predicted octanol–water partition coefficient (Wildman–Crippen LogP) is 2.78. The molecule has 3 rings (SSSR count). The highest BCUT2D eigenvalue weighted by atomic mass is 16.7. The summed E-state index contributed by atoms with van der Waals surface area (Å²) in [5, 5.41) is 8.21. The smallest absolute Gasteiger partial charge is 0.410 e. The lowest BCUT2D eigenvalue weighted by Gasteiger charge is -2.28. The number of imidazole rings is 1. The zero-order chi connectivity index (χ0) is 24.9. The van der Waals surface area contributed by atoms with Gasteiger partial charge in [0.15, 0.2) is 11.5 Å². The zero-order valence-electron chi connectivity index (χ0n) is 20.4. The minimum absolute atomic E-state index is 0.0171. The van der Waals surface area contributed by atoms with Crippen LogP contribution in [0.25, 0.3) is 0 Å². The van der Waals surface area contributed by atoms with Crippen molar-refractivity contribution in [3.05, 3.63) is 42.0 Å². The van der Waals surface area contributed by atoms with Crippen LogP contribution in [-0.4, -0.2) is 69.9 Å². The van der Waals surface area contributed by atoms with E-state index >= 15 is 0 Å². The van der Waals surface area contributed by atoms with Gasteiger partial charge in [-0.3, -0.25) is 9.98 Å². The van der Waals surface area contributed by atoms with Gasteiger partial charge in [-0.25, -0.2) is 9.78 Å². The number of fused-ring (bicyclic) bond motifs is 1. The summed E-state index contributed by atoms with van der Waals surface area (Å²) in [6.07, 6.45) is 3.49. The molecule has 3 N–H and O–H groups in total. The molecule has 1 aliphatic heterocycles. The van der Waals surface area contributed by atoms with E-state index in [2.05, 4.69) is 9.98 Å². The highest BCUT2D eigenvalue weighted by Gasteiger charge is 2.23. The normalized spacial score (nSPS) is 13.0. The van der Waals surface area contributed by atoms with Crippen LogP contribution in [0.15, 0.2) is 35.7 Å². The van der Waals surface area contributed by atoms with E-state index in [1.807, 2.05) is 45.9 Å². The highest BCUT2D eigenvalue weighted by molar-refractivity contribution is 5.93. The summed E-state index contributed by atoms with van der Waals surface area (Å²) < 4.78 is 18.0. The third-order valence-electron chi connectivity index (χ3n) is 4.94. The number of hydrogen-bond donors (Lipinski definition) is 2. The molecule has 2 heterocycles. The third-order valence-corrected chi connectivity index (χ3v) is 4.94. The summed E-state index contributed by atoms with van der Waals surface area (Å²) in [6.45, 7) is 8.84. The fraction of sp³-hybridized carbons (Fsp3) is 0.478. The molecule has 1 aliphatic rings. The second kappa shape index (κ2) is 10.4. The van der Waals surface area contributed by atoms with E-state index in [9.17, 15) is 4.79 Å². The van der Waals surface area contributed by atoms with Crippen molar-refractivity contribution in [2.75, 3.05) is 26.9 Å². The number of aryl methyl sites for hydroxylation is 1. The maximum absolute atomic E-state index is 12.9. The van der Waals surface area contributed by atoms with Gasteiger partial charge in [-0.2, -0.15) is 4.99 Å². The predicted molar refractivity (Wildman–Crippen MR) is 128 cm³/mol. The number of carbonyl (C=O) groups is 1. The number of nitrogens with one attached hydrogen (secondary N) is 1. The Morgan fingerprint density at radius 3 is 2.71 bits per heavy atom. The third kappa shape index (κ3) is 6.87. The van der Waals surface area contributed by atoms with Crippen molar-refractivity contribution >= 4 is 18.0 Å². The Labute approximate surface area is 199 Å². The first-order chi connectivity index (χ1) is 16.0. The van der Waals surface area contributed by atoms with E-state index in [4.69, 9.17) is 25.4 Å². The Morgan fingerprint density at radius 1 is 1.29 bits per heavy atom. The highest BCUT2D eigenvalue weighted by Crippen LogP contribution is 2.33. The Balaban J connectivity index is 1.60. The second-order valence-electron chi connectivity index (χ2n) is 9.08. The molecule has 11 nitrogen and oxygen atoms in total. The van der Waals surface area contributed by atoms with Gasteiger partial charge < -0.3 is 29.7 Å². The van der Waals surface area contributed by atoms with E-state index in [1.165, 1.54) is 0 Å². The Hall–Kier alpha value is -3.76. The van der Waals surface area contributed by atoms with Crippen LogP contribution in [0.5, 0.6) is 11.5 Å². The molecule has 1 amide bonds. The first-order valence-corrected chi connectivity index (χ1v) is 11.0. The Bertz CT molecular complexity index is 1060. The topological polar surface area (TPSA) is 131 Å². The number of hydrogen-bond acceptors (Lipinski definition) is 6. The van der Waals surface area contributed by atoms with Crippen LogP contribution in [0.4, 0.5) is 4.79 Å². The van der Waals surface area contributed by atoms with Crippen molar-refractivity contribution in [1.29, 1.82) is 5.41 Å². The van der Waals surface area contributed by atoms with E-state index in [0.717, 1.165) is 11.3 Å². The van der Waals surface area contributed by atoms with Gasteiger partial charge in [-0.1, -0.05) is 6.07 Å². The summed E-state index contributed by atoms with van der Waals surface area (Å²) in [6, 6.07) is 5.61. The average molecular weight is 472 g/mol. The largest absolute Gasteiger partial charge is 0.454 e. The second-order valence-corrected chi connectivity index (χ2v) is 9.08. The molecule has 0 radical (unpaired) electrons. The molecule has 0 bridgehead atoms. The van der Waals surface area contributed by atoms with Gasteiger partial charge in [0.1, 0.15) is 11.9 Å². The van der Waals surface area contributed by atoms with Crippen LogP contribution in [0.1, 0.15) is 38.4 Å². The van der Waals surface area contributed by atoms with Crippen LogP contribution in [0, 0.1) is 12.3 Å².